The minimum absolute atomic E-state index is 0.0592. The second-order valence-electron chi connectivity index (χ2n) is 11.6. The van der Waals surface area contributed by atoms with Crippen molar-refractivity contribution in [1.82, 2.24) is 10.6 Å². The number of methoxy groups -OCH3 is 2. The minimum Gasteiger partial charge on any atom is -0.450 e. The largest absolute Gasteiger partial charge is 0.506 e. The zero-order chi connectivity index (χ0) is 36.1. The monoisotopic (exact) mass is 677 g/mol. The van der Waals surface area contributed by atoms with Crippen LogP contribution in [-0.4, -0.2) is 97.0 Å². The molecule has 2 amide bonds. The molecule has 0 spiro atoms. The molecule has 48 heavy (non-hydrogen) atoms. The van der Waals surface area contributed by atoms with Crippen LogP contribution in [0.3, 0.4) is 0 Å². The third kappa shape index (κ3) is 11.3. The standard InChI is InChI=1S/C33H47N3O12/c1-8-12-35-26-21-13-17(2)14-25(45-7)27(37)19(4)15-20(5)28(47-31(34)39)23(44-6)11-9-10-18(3)30(38)36-22(29(21)48-33(42)43)16-24(26)46-32(40)41/h8-11,15-17,19,23-25,27-29,35,37H,1,12-14H2,2-7H3,(H2,34,39)(H,36,38)(H,40,41)(H,42,43)/b11-9+,18-10-,20-15+/t17-,19+,23+,24?,25+,27-,28+,29?/m1/s1. The lowest BCUT2D eigenvalue weighted by Crippen LogP contribution is -2.43. The van der Waals surface area contributed by atoms with Gasteiger partial charge in [0, 0.05) is 32.3 Å². The number of hydrogen-bond donors (Lipinski definition) is 6. The van der Waals surface area contributed by atoms with Crippen molar-refractivity contribution in [2.24, 2.45) is 17.6 Å². The van der Waals surface area contributed by atoms with Gasteiger partial charge < -0.3 is 55.4 Å². The van der Waals surface area contributed by atoms with Crippen molar-refractivity contribution in [3.8, 4) is 0 Å². The van der Waals surface area contributed by atoms with Gasteiger partial charge in [0.2, 0.25) is 0 Å². The van der Waals surface area contributed by atoms with Crippen LogP contribution in [0.5, 0.6) is 0 Å². The van der Waals surface area contributed by atoms with Gasteiger partial charge in [-0.2, -0.15) is 0 Å². The summed E-state index contributed by atoms with van der Waals surface area (Å²) in [4.78, 5) is 48.9. The van der Waals surface area contributed by atoms with Crippen LogP contribution in [0.25, 0.3) is 0 Å². The van der Waals surface area contributed by atoms with Crippen LogP contribution in [0, 0.1) is 11.8 Å². The third-order valence-electron chi connectivity index (χ3n) is 7.92. The number of hydrogen-bond acceptors (Lipinski definition) is 11. The van der Waals surface area contributed by atoms with Gasteiger partial charge in [0.1, 0.15) is 6.10 Å². The Hall–Kier alpha value is -4.60. The maximum absolute atomic E-state index is 13.4. The smallest absolute Gasteiger partial charge is 0.450 e. The normalized spacial score (nSPS) is 31.8. The van der Waals surface area contributed by atoms with Gasteiger partial charge in [-0.05, 0) is 49.8 Å². The summed E-state index contributed by atoms with van der Waals surface area (Å²) < 4.78 is 27.1. The Balaban J connectivity index is 2.80. The highest BCUT2D eigenvalue weighted by Crippen LogP contribution is 2.34. The lowest BCUT2D eigenvalue weighted by molar-refractivity contribution is -0.117. The summed E-state index contributed by atoms with van der Waals surface area (Å²) in [7, 11) is 2.84. The lowest BCUT2D eigenvalue weighted by Gasteiger charge is -2.35. The molecule has 0 saturated heterocycles. The number of rotatable bonds is 8. The van der Waals surface area contributed by atoms with Crippen LogP contribution in [0.2, 0.25) is 0 Å². The fourth-order valence-electron chi connectivity index (χ4n) is 5.64. The van der Waals surface area contributed by atoms with E-state index in [0.29, 0.717) is 11.1 Å². The molecular formula is C33H47N3O12. The van der Waals surface area contributed by atoms with E-state index in [1.54, 1.807) is 26.0 Å². The molecule has 2 aliphatic rings. The number of nitrogens with one attached hydrogen (secondary N) is 2. The molecule has 0 saturated carbocycles. The van der Waals surface area contributed by atoms with E-state index in [4.69, 9.17) is 29.4 Å². The van der Waals surface area contributed by atoms with Gasteiger partial charge in [-0.1, -0.05) is 44.2 Å². The summed E-state index contributed by atoms with van der Waals surface area (Å²) in [6.45, 7) is 10.7. The van der Waals surface area contributed by atoms with Gasteiger partial charge in [-0.15, -0.1) is 6.58 Å². The lowest BCUT2D eigenvalue weighted by atomic mass is 9.84. The molecule has 2 rings (SSSR count). The average Bonchev–Trinajstić information content (AvgIpc) is 3.00. The van der Waals surface area contributed by atoms with E-state index in [1.165, 1.54) is 45.4 Å². The SMILES string of the molecule is C=CCNC1=C2C[C@@H](C)C[C@H](OC)[C@H](O)[C@@H](C)/C=C(\C)[C@H](OC(N)=O)[C@@H](OC)/C=C/C=C(/C)C(=O)NC(=CC1OC(=O)O)C2OC(=O)O. The van der Waals surface area contributed by atoms with Crippen molar-refractivity contribution in [2.45, 2.75) is 77.2 Å². The molecular weight excluding hydrogens is 630 g/mol. The Bertz CT molecular complexity index is 1350. The summed E-state index contributed by atoms with van der Waals surface area (Å²) in [6.07, 6.45) is -1.14. The molecule has 7 N–H and O–H groups in total. The molecule has 0 radical (unpaired) electrons. The van der Waals surface area contributed by atoms with Gasteiger partial charge in [-0.25, -0.2) is 14.4 Å². The number of allylic oxidation sites excluding steroid dienone is 2. The summed E-state index contributed by atoms with van der Waals surface area (Å²) in [5, 5.41) is 36.3. The molecule has 1 heterocycles. The molecule has 15 heteroatoms. The van der Waals surface area contributed by atoms with E-state index >= 15 is 0 Å². The van der Waals surface area contributed by atoms with E-state index in [-0.39, 0.29) is 42.3 Å². The Morgan fingerprint density at radius 3 is 2.31 bits per heavy atom. The molecule has 0 aromatic carbocycles. The number of ether oxygens (including phenoxy) is 5. The van der Waals surface area contributed by atoms with Crippen LogP contribution in [0.1, 0.15) is 40.5 Å². The highest BCUT2D eigenvalue weighted by molar-refractivity contribution is 5.94. The molecule has 15 nitrogen and oxygen atoms in total. The van der Waals surface area contributed by atoms with Crippen LogP contribution in [0.4, 0.5) is 14.4 Å². The topological polar surface area (TPSA) is 225 Å². The molecule has 0 fully saturated rings. The number of aliphatic hydroxyl groups excluding tert-OH is 1. The number of carbonyl (C=O) groups is 4. The average molecular weight is 678 g/mol. The molecule has 1 aliphatic heterocycles. The van der Waals surface area contributed by atoms with Gasteiger partial charge in [0.15, 0.2) is 18.3 Å². The zero-order valence-electron chi connectivity index (χ0n) is 28.0. The maximum atomic E-state index is 13.4. The minimum atomic E-state index is -1.64. The first-order valence-electron chi connectivity index (χ1n) is 15.3. The number of carbonyl (C=O) groups excluding carboxylic acids is 2. The number of carboxylic acid groups (broad SMARTS) is 2. The zero-order valence-corrected chi connectivity index (χ0v) is 28.0. The van der Waals surface area contributed by atoms with Crippen LogP contribution in [0.15, 0.2) is 71.1 Å². The second kappa shape index (κ2) is 18.7. The predicted molar refractivity (Wildman–Crippen MR) is 174 cm³/mol. The number of fused-ring (bicyclic) bond motifs is 2. The fraction of sp³-hybridized carbons (Fsp3) is 0.515. The summed E-state index contributed by atoms with van der Waals surface area (Å²) >= 11 is 0. The van der Waals surface area contributed by atoms with Crippen molar-refractivity contribution >= 4 is 24.3 Å². The Morgan fingerprint density at radius 2 is 1.75 bits per heavy atom. The number of aliphatic hydroxyl groups is 1. The Kier molecular flexibility index (Phi) is 15.4. The van der Waals surface area contributed by atoms with E-state index in [9.17, 15) is 34.5 Å². The molecule has 1 aliphatic carbocycles. The summed E-state index contributed by atoms with van der Waals surface area (Å²) in [5.41, 5.74) is 6.53. The molecule has 2 bridgehead atoms. The third-order valence-corrected chi connectivity index (χ3v) is 7.92. The predicted octanol–water partition coefficient (Wildman–Crippen LogP) is 3.53. The Labute approximate surface area is 279 Å². The van der Waals surface area contributed by atoms with E-state index in [0.717, 1.165) is 0 Å². The highest BCUT2D eigenvalue weighted by atomic mass is 16.7. The Morgan fingerprint density at radius 1 is 1.08 bits per heavy atom. The van der Waals surface area contributed by atoms with Crippen molar-refractivity contribution in [2.75, 3.05) is 20.8 Å². The van der Waals surface area contributed by atoms with E-state index in [1.807, 2.05) is 6.92 Å². The first kappa shape index (κ1) is 39.6. The van der Waals surface area contributed by atoms with Crippen LogP contribution >= 0.6 is 0 Å². The molecule has 8 atom stereocenters. The molecule has 0 aromatic heterocycles. The number of amides is 2. The van der Waals surface area contributed by atoms with Gasteiger partial charge in [0.05, 0.1) is 23.6 Å². The van der Waals surface area contributed by atoms with Crippen molar-refractivity contribution in [3.63, 3.8) is 0 Å². The fourth-order valence-corrected chi connectivity index (χ4v) is 5.64. The first-order valence-corrected chi connectivity index (χ1v) is 15.3. The van der Waals surface area contributed by atoms with Gasteiger partial charge in [-0.3, -0.25) is 4.79 Å². The van der Waals surface area contributed by atoms with Crippen molar-refractivity contribution < 1.29 is 58.2 Å². The molecule has 2 unspecified atom stereocenters. The summed E-state index contributed by atoms with van der Waals surface area (Å²) in [5.74, 6) is -1.49. The number of primary amides is 1. The van der Waals surface area contributed by atoms with E-state index in [2.05, 4.69) is 17.2 Å². The van der Waals surface area contributed by atoms with Crippen LogP contribution < -0.4 is 16.4 Å². The van der Waals surface area contributed by atoms with Gasteiger partial charge in [0.25, 0.3) is 5.91 Å². The van der Waals surface area contributed by atoms with Crippen molar-refractivity contribution in [1.29, 1.82) is 0 Å². The number of nitrogens with two attached hydrogens (primary N) is 1. The molecule has 266 valence electrons. The molecule has 0 aromatic rings. The first-order chi connectivity index (χ1) is 22.6. The summed E-state index contributed by atoms with van der Waals surface area (Å²) in [6, 6.07) is 0. The van der Waals surface area contributed by atoms with Gasteiger partial charge >= 0.3 is 18.4 Å². The van der Waals surface area contributed by atoms with Crippen LogP contribution in [-0.2, 0) is 28.5 Å². The van der Waals surface area contributed by atoms with Crippen molar-refractivity contribution in [3.05, 3.63) is 71.1 Å². The second-order valence-corrected chi connectivity index (χ2v) is 11.6. The van der Waals surface area contributed by atoms with E-state index < -0.39 is 66.9 Å². The quantitative estimate of drug-likeness (QED) is 0.123. The maximum Gasteiger partial charge on any atom is 0.506 e. The highest BCUT2D eigenvalue weighted by Gasteiger charge is 2.38.